The monoisotopic (exact) mass is 468 g/mol. The predicted octanol–water partition coefficient (Wildman–Crippen LogP) is 4.73. The molecule has 1 unspecified atom stereocenters. The summed E-state index contributed by atoms with van der Waals surface area (Å²) in [6.07, 6.45) is 0. The number of anilines is 1. The normalized spacial score (nSPS) is 12.0. The van der Waals surface area contributed by atoms with Crippen LogP contribution in [0, 0.1) is 0 Å². The Morgan fingerprint density at radius 1 is 1.03 bits per heavy atom. The van der Waals surface area contributed by atoms with Gasteiger partial charge in [-0.1, -0.05) is 24.3 Å². The molecule has 0 aliphatic rings. The van der Waals surface area contributed by atoms with Crippen LogP contribution in [-0.4, -0.2) is 40.0 Å². The summed E-state index contributed by atoms with van der Waals surface area (Å²) >= 11 is 0. The van der Waals surface area contributed by atoms with Crippen molar-refractivity contribution < 1.29 is 22.7 Å². The van der Waals surface area contributed by atoms with E-state index in [4.69, 9.17) is 9.47 Å². The van der Waals surface area contributed by atoms with Gasteiger partial charge in [-0.05, 0) is 62.4 Å². The van der Waals surface area contributed by atoms with Gasteiger partial charge < -0.3 is 14.4 Å². The van der Waals surface area contributed by atoms with Crippen LogP contribution in [-0.2, 0) is 10.0 Å². The maximum absolute atomic E-state index is 13.1. The van der Waals surface area contributed by atoms with Crippen LogP contribution in [0.1, 0.15) is 35.8 Å². The first-order valence-corrected chi connectivity index (χ1v) is 12.0. The van der Waals surface area contributed by atoms with Crippen LogP contribution >= 0.6 is 0 Å². The summed E-state index contributed by atoms with van der Waals surface area (Å²) in [5.74, 6) is 1.05. The molecule has 0 saturated carbocycles. The number of carbonyl (C=O) groups is 1. The summed E-state index contributed by atoms with van der Waals surface area (Å²) in [6, 6.07) is 19.9. The maximum atomic E-state index is 13.1. The van der Waals surface area contributed by atoms with E-state index in [2.05, 4.69) is 4.72 Å². The molecule has 3 aromatic carbocycles. The predicted molar refractivity (Wildman–Crippen MR) is 128 cm³/mol. The zero-order valence-corrected chi connectivity index (χ0v) is 19.9. The van der Waals surface area contributed by atoms with Crippen molar-refractivity contribution in [2.45, 2.75) is 24.8 Å². The summed E-state index contributed by atoms with van der Waals surface area (Å²) in [5.41, 5.74) is 1.54. The minimum atomic E-state index is -3.82. The van der Waals surface area contributed by atoms with Crippen LogP contribution < -0.4 is 14.2 Å². The van der Waals surface area contributed by atoms with E-state index in [0.717, 1.165) is 5.56 Å². The number of carbonyl (C=O) groups excluding carboxylic acids is 1. The number of sulfonamides is 1. The molecule has 0 bridgehead atoms. The molecule has 0 spiro atoms. The molecule has 8 heteroatoms. The highest BCUT2D eigenvalue weighted by Gasteiger charge is 2.22. The van der Waals surface area contributed by atoms with E-state index in [9.17, 15) is 13.2 Å². The molecule has 0 radical (unpaired) electrons. The van der Waals surface area contributed by atoms with Gasteiger partial charge in [-0.15, -0.1) is 0 Å². The number of nitrogens with one attached hydrogen (secondary N) is 1. The van der Waals surface area contributed by atoms with E-state index < -0.39 is 10.0 Å². The summed E-state index contributed by atoms with van der Waals surface area (Å²) in [4.78, 5) is 14.8. The van der Waals surface area contributed by atoms with E-state index in [1.807, 2.05) is 38.1 Å². The number of methoxy groups -OCH3 is 1. The van der Waals surface area contributed by atoms with E-state index in [1.54, 1.807) is 49.4 Å². The van der Waals surface area contributed by atoms with Crippen molar-refractivity contribution in [2.24, 2.45) is 0 Å². The molecule has 0 saturated heterocycles. The third-order valence-corrected chi connectivity index (χ3v) is 6.69. The fourth-order valence-corrected chi connectivity index (χ4v) is 4.46. The Balaban J connectivity index is 1.79. The molecule has 174 valence electrons. The Morgan fingerprint density at radius 3 is 2.39 bits per heavy atom. The number of hydrogen-bond acceptors (Lipinski definition) is 5. The zero-order valence-electron chi connectivity index (χ0n) is 19.1. The number of nitrogens with zero attached hydrogens (tertiary/aromatic N) is 1. The molecule has 0 fully saturated rings. The van der Waals surface area contributed by atoms with Crippen LogP contribution in [0.4, 0.5) is 5.69 Å². The number of benzene rings is 3. The zero-order chi connectivity index (χ0) is 24.0. The Morgan fingerprint density at radius 2 is 1.73 bits per heavy atom. The molecule has 1 N–H and O–H groups in total. The van der Waals surface area contributed by atoms with Crippen LogP contribution in [0.25, 0.3) is 0 Å². The number of ether oxygens (including phenoxy) is 2. The van der Waals surface area contributed by atoms with Crippen LogP contribution in [0.15, 0.2) is 77.7 Å². The highest BCUT2D eigenvalue weighted by molar-refractivity contribution is 7.92. The third-order valence-electron chi connectivity index (χ3n) is 5.30. The molecule has 1 atom stereocenters. The quantitative estimate of drug-likeness (QED) is 0.491. The first kappa shape index (κ1) is 24.1. The fourth-order valence-electron chi connectivity index (χ4n) is 3.41. The van der Waals surface area contributed by atoms with Crippen molar-refractivity contribution in [3.63, 3.8) is 0 Å². The van der Waals surface area contributed by atoms with Crippen LogP contribution in [0.5, 0.6) is 11.5 Å². The van der Waals surface area contributed by atoms with Gasteiger partial charge in [0.15, 0.2) is 0 Å². The Hall–Kier alpha value is -3.52. The Bertz CT molecular complexity index is 1210. The lowest BCUT2D eigenvalue weighted by Crippen LogP contribution is -2.30. The molecule has 0 heterocycles. The second kappa shape index (κ2) is 10.4. The van der Waals surface area contributed by atoms with Gasteiger partial charge in [0.25, 0.3) is 15.9 Å². The van der Waals surface area contributed by atoms with Crippen LogP contribution in [0.3, 0.4) is 0 Å². The molecule has 33 heavy (non-hydrogen) atoms. The van der Waals surface area contributed by atoms with Gasteiger partial charge in [-0.2, -0.15) is 0 Å². The van der Waals surface area contributed by atoms with Crippen molar-refractivity contribution in [1.82, 2.24) is 4.90 Å². The van der Waals surface area contributed by atoms with Gasteiger partial charge in [0, 0.05) is 23.9 Å². The van der Waals surface area contributed by atoms with Gasteiger partial charge in [-0.3, -0.25) is 9.52 Å². The minimum absolute atomic E-state index is 0.101. The fraction of sp³-hybridized carbons (Fsp3) is 0.240. The summed E-state index contributed by atoms with van der Waals surface area (Å²) in [7, 11) is -0.528. The van der Waals surface area contributed by atoms with E-state index in [1.165, 1.54) is 18.2 Å². The first-order valence-electron chi connectivity index (χ1n) is 10.5. The summed E-state index contributed by atoms with van der Waals surface area (Å²) in [6.45, 7) is 4.26. The molecule has 1 amide bonds. The molecule has 7 nitrogen and oxygen atoms in total. The van der Waals surface area contributed by atoms with Crippen molar-refractivity contribution in [3.8, 4) is 11.5 Å². The average Bonchev–Trinajstić information content (AvgIpc) is 2.83. The second-order valence-electron chi connectivity index (χ2n) is 7.42. The van der Waals surface area contributed by atoms with E-state index >= 15 is 0 Å². The van der Waals surface area contributed by atoms with Crippen LogP contribution in [0.2, 0.25) is 0 Å². The molecule has 0 aliphatic carbocycles. The van der Waals surface area contributed by atoms with Gasteiger partial charge in [0.2, 0.25) is 0 Å². The van der Waals surface area contributed by atoms with Crippen molar-refractivity contribution in [3.05, 3.63) is 83.9 Å². The lowest BCUT2D eigenvalue weighted by Gasteiger charge is -2.27. The van der Waals surface area contributed by atoms with E-state index in [0.29, 0.717) is 29.4 Å². The molecule has 3 aromatic rings. The van der Waals surface area contributed by atoms with Gasteiger partial charge in [0.1, 0.15) is 11.5 Å². The highest BCUT2D eigenvalue weighted by Crippen LogP contribution is 2.29. The van der Waals surface area contributed by atoms with Gasteiger partial charge in [-0.25, -0.2) is 8.42 Å². The average molecular weight is 469 g/mol. The third kappa shape index (κ3) is 5.64. The number of para-hydroxylation sites is 1. The lowest BCUT2D eigenvalue weighted by atomic mass is 10.0. The maximum Gasteiger partial charge on any atom is 0.261 e. The molecule has 0 aliphatic heterocycles. The largest absolute Gasteiger partial charge is 0.496 e. The van der Waals surface area contributed by atoms with Crippen molar-refractivity contribution >= 4 is 21.6 Å². The molecule has 0 aromatic heterocycles. The molecular weight excluding hydrogens is 440 g/mol. The summed E-state index contributed by atoms with van der Waals surface area (Å²) in [5, 5.41) is 0. The van der Waals surface area contributed by atoms with Gasteiger partial charge in [0.05, 0.1) is 24.7 Å². The molecular formula is C25H28N2O5S. The Labute approximate surface area is 195 Å². The van der Waals surface area contributed by atoms with Crippen molar-refractivity contribution in [2.75, 3.05) is 25.5 Å². The van der Waals surface area contributed by atoms with E-state index in [-0.39, 0.29) is 16.8 Å². The standard InChI is InChI=1S/C25H28N2O5S/c1-5-32-21-13-15-22(16-14-21)33(29,30)26-20-10-8-9-19(17-20)25(28)27(3)18(2)23-11-6-7-12-24(23)31-4/h6-18,26H,5H2,1-4H3. The number of amides is 1. The topological polar surface area (TPSA) is 84.9 Å². The first-order chi connectivity index (χ1) is 15.8. The Kier molecular flexibility index (Phi) is 7.60. The lowest BCUT2D eigenvalue weighted by molar-refractivity contribution is 0.0741. The highest BCUT2D eigenvalue weighted by atomic mass is 32.2. The minimum Gasteiger partial charge on any atom is -0.496 e. The number of hydrogen-bond donors (Lipinski definition) is 1. The smallest absolute Gasteiger partial charge is 0.261 e. The van der Waals surface area contributed by atoms with Gasteiger partial charge >= 0.3 is 0 Å². The SMILES string of the molecule is CCOc1ccc(S(=O)(=O)Nc2cccc(C(=O)N(C)C(C)c3ccccc3OC)c2)cc1. The summed E-state index contributed by atoms with van der Waals surface area (Å²) < 4.78 is 38.9. The van der Waals surface area contributed by atoms with Crippen molar-refractivity contribution in [1.29, 1.82) is 0 Å². The second-order valence-corrected chi connectivity index (χ2v) is 9.11. The number of rotatable bonds is 9. The molecule has 3 rings (SSSR count).